The van der Waals surface area contributed by atoms with E-state index in [0.29, 0.717) is 11.7 Å². The SMILES string of the molecule is Nc1n[nH]c(C2CCCCCC2)c1-c1ccc(Br)cc1. The van der Waals surface area contributed by atoms with Gasteiger partial charge in [0, 0.05) is 21.6 Å². The summed E-state index contributed by atoms with van der Waals surface area (Å²) in [7, 11) is 0. The molecule has 106 valence electrons. The van der Waals surface area contributed by atoms with Gasteiger partial charge in [0.25, 0.3) is 0 Å². The smallest absolute Gasteiger partial charge is 0.153 e. The lowest BCUT2D eigenvalue weighted by Gasteiger charge is -2.14. The van der Waals surface area contributed by atoms with Crippen molar-refractivity contribution in [2.75, 3.05) is 5.73 Å². The Kier molecular flexibility index (Phi) is 4.10. The molecule has 1 fully saturated rings. The Hall–Kier alpha value is -1.29. The highest BCUT2D eigenvalue weighted by atomic mass is 79.9. The van der Waals surface area contributed by atoms with E-state index in [1.54, 1.807) is 0 Å². The van der Waals surface area contributed by atoms with Crippen molar-refractivity contribution in [1.82, 2.24) is 10.2 Å². The second-order valence-corrected chi connectivity index (χ2v) is 6.51. The predicted molar refractivity (Wildman–Crippen MR) is 86.6 cm³/mol. The van der Waals surface area contributed by atoms with Gasteiger partial charge in [-0.25, -0.2) is 0 Å². The van der Waals surface area contributed by atoms with Crippen LogP contribution in [0.3, 0.4) is 0 Å². The van der Waals surface area contributed by atoms with Crippen LogP contribution in [0.1, 0.15) is 50.1 Å². The number of nitrogen functional groups attached to an aromatic ring is 1. The molecule has 1 saturated carbocycles. The highest BCUT2D eigenvalue weighted by Gasteiger charge is 2.22. The largest absolute Gasteiger partial charge is 0.382 e. The Labute approximate surface area is 128 Å². The minimum atomic E-state index is 0.570. The standard InChI is InChI=1S/C16H20BrN3/c17-13-9-7-11(8-10-13)14-15(19-20-16(14)18)12-5-3-1-2-4-6-12/h7-10,12H,1-6H2,(H3,18,19,20). The molecule has 0 atom stereocenters. The van der Waals surface area contributed by atoms with Crippen LogP contribution in [0.5, 0.6) is 0 Å². The minimum Gasteiger partial charge on any atom is -0.382 e. The van der Waals surface area contributed by atoms with E-state index in [4.69, 9.17) is 5.73 Å². The summed E-state index contributed by atoms with van der Waals surface area (Å²) in [6, 6.07) is 8.31. The van der Waals surface area contributed by atoms with Gasteiger partial charge in [0.15, 0.2) is 5.82 Å². The fourth-order valence-electron chi connectivity index (χ4n) is 3.15. The molecular formula is C16H20BrN3. The summed E-state index contributed by atoms with van der Waals surface area (Å²) in [5, 5.41) is 7.46. The van der Waals surface area contributed by atoms with Crippen LogP contribution < -0.4 is 5.73 Å². The van der Waals surface area contributed by atoms with E-state index >= 15 is 0 Å². The molecule has 1 aromatic carbocycles. The van der Waals surface area contributed by atoms with E-state index < -0.39 is 0 Å². The molecule has 0 bridgehead atoms. The van der Waals surface area contributed by atoms with Gasteiger partial charge < -0.3 is 5.73 Å². The van der Waals surface area contributed by atoms with E-state index in [9.17, 15) is 0 Å². The molecule has 3 N–H and O–H groups in total. The normalized spacial score (nSPS) is 17.1. The summed E-state index contributed by atoms with van der Waals surface area (Å²) in [5.74, 6) is 1.19. The monoisotopic (exact) mass is 333 g/mol. The van der Waals surface area contributed by atoms with Crippen LogP contribution in [0, 0.1) is 0 Å². The topological polar surface area (TPSA) is 54.7 Å². The summed E-state index contributed by atoms with van der Waals surface area (Å²) in [4.78, 5) is 0. The van der Waals surface area contributed by atoms with Crippen molar-refractivity contribution in [2.24, 2.45) is 0 Å². The Morgan fingerprint density at radius 2 is 1.70 bits per heavy atom. The number of H-pyrrole nitrogens is 1. The van der Waals surface area contributed by atoms with Crippen LogP contribution in [-0.2, 0) is 0 Å². The van der Waals surface area contributed by atoms with Crippen molar-refractivity contribution >= 4 is 21.7 Å². The average Bonchev–Trinajstić information content (AvgIpc) is 2.67. The lowest BCUT2D eigenvalue weighted by molar-refractivity contribution is 0.577. The highest BCUT2D eigenvalue weighted by Crippen LogP contribution is 2.38. The first-order valence-electron chi connectivity index (χ1n) is 7.35. The molecule has 1 heterocycles. The number of anilines is 1. The Morgan fingerprint density at radius 3 is 2.35 bits per heavy atom. The number of aromatic nitrogens is 2. The van der Waals surface area contributed by atoms with Gasteiger partial charge in [-0.3, -0.25) is 5.10 Å². The molecule has 1 aliphatic rings. The van der Waals surface area contributed by atoms with Crippen molar-refractivity contribution in [3.05, 3.63) is 34.4 Å². The predicted octanol–water partition coefficient (Wildman–Crippen LogP) is 4.86. The quantitative estimate of drug-likeness (QED) is 0.771. The van der Waals surface area contributed by atoms with Crippen LogP contribution in [0.25, 0.3) is 11.1 Å². The van der Waals surface area contributed by atoms with Crippen molar-refractivity contribution < 1.29 is 0 Å². The third-order valence-corrected chi connectivity index (χ3v) is 4.75. The Balaban J connectivity index is 1.98. The van der Waals surface area contributed by atoms with Crippen molar-refractivity contribution in [1.29, 1.82) is 0 Å². The van der Waals surface area contributed by atoms with Crippen molar-refractivity contribution in [3.8, 4) is 11.1 Å². The van der Waals surface area contributed by atoms with Crippen LogP contribution in [0.4, 0.5) is 5.82 Å². The zero-order chi connectivity index (χ0) is 13.9. The summed E-state index contributed by atoms with van der Waals surface area (Å²) in [5.41, 5.74) is 9.58. The number of aromatic amines is 1. The van der Waals surface area contributed by atoms with E-state index in [0.717, 1.165) is 15.6 Å². The molecule has 3 rings (SSSR count). The van der Waals surface area contributed by atoms with E-state index in [1.807, 2.05) is 0 Å². The zero-order valence-electron chi connectivity index (χ0n) is 11.5. The Bertz CT molecular complexity index is 566. The average molecular weight is 334 g/mol. The molecule has 0 spiro atoms. The molecular weight excluding hydrogens is 314 g/mol. The summed E-state index contributed by atoms with van der Waals surface area (Å²) >= 11 is 3.48. The van der Waals surface area contributed by atoms with E-state index in [2.05, 4.69) is 50.4 Å². The van der Waals surface area contributed by atoms with Gasteiger partial charge in [0.1, 0.15) is 0 Å². The molecule has 20 heavy (non-hydrogen) atoms. The summed E-state index contributed by atoms with van der Waals surface area (Å²) in [6.07, 6.45) is 7.81. The lowest BCUT2D eigenvalue weighted by Crippen LogP contribution is -2.00. The van der Waals surface area contributed by atoms with Gasteiger partial charge in [0.2, 0.25) is 0 Å². The van der Waals surface area contributed by atoms with Gasteiger partial charge in [0.05, 0.1) is 0 Å². The summed E-state index contributed by atoms with van der Waals surface area (Å²) < 4.78 is 1.08. The molecule has 0 aliphatic heterocycles. The zero-order valence-corrected chi connectivity index (χ0v) is 13.1. The number of benzene rings is 1. The number of hydrogen-bond acceptors (Lipinski definition) is 2. The highest BCUT2D eigenvalue weighted by molar-refractivity contribution is 9.10. The van der Waals surface area contributed by atoms with Crippen molar-refractivity contribution in [2.45, 2.75) is 44.4 Å². The van der Waals surface area contributed by atoms with Crippen molar-refractivity contribution in [3.63, 3.8) is 0 Å². The molecule has 0 unspecified atom stereocenters. The molecule has 4 heteroatoms. The van der Waals surface area contributed by atoms with Crippen LogP contribution in [0.15, 0.2) is 28.7 Å². The molecule has 0 radical (unpaired) electrons. The Morgan fingerprint density at radius 1 is 1.05 bits per heavy atom. The van der Waals surface area contributed by atoms with Gasteiger partial charge in [-0.05, 0) is 30.5 Å². The number of nitrogens with one attached hydrogen (secondary N) is 1. The summed E-state index contributed by atoms with van der Waals surface area (Å²) in [6.45, 7) is 0. The first kappa shape index (κ1) is 13.7. The first-order chi connectivity index (χ1) is 9.75. The molecule has 1 aliphatic carbocycles. The third kappa shape index (κ3) is 2.75. The number of nitrogens with zero attached hydrogens (tertiary/aromatic N) is 1. The van der Waals surface area contributed by atoms with Gasteiger partial charge >= 0.3 is 0 Å². The minimum absolute atomic E-state index is 0.570. The number of hydrogen-bond donors (Lipinski definition) is 2. The van der Waals surface area contributed by atoms with Crippen LogP contribution in [-0.4, -0.2) is 10.2 Å². The maximum Gasteiger partial charge on any atom is 0.153 e. The number of halogens is 1. The maximum atomic E-state index is 6.10. The maximum absolute atomic E-state index is 6.10. The molecule has 3 nitrogen and oxygen atoms in total. The van der Waals surface area contributed by atoms with Gasteiger partial charge in [-0.1, -0.05) is 53.7 Å². The third-order valence-electron chi connectivity index (χ3n) is 4.22. The lowest BCUT2D eigenvalue weighted by atomic mass is 9.91. The fraction of sp³-hybridized carbons (Fsp3) is 0.438. The van der Waals surface area contributed by atoms with Crippen LogP contribution in [0.2, 0.25) is 0 Å². The molecule has 0 saturated heterocycles. The first-order valence-corrected chi connectivity index (χ1v) is 8.14. The van der Waals surface area contributed by atoms with Gasteiger partial charge in [-0.2, -0.15) is 5.10 Å². The number of rotatable bonds is 2. The van der Waals surface area contributed by atoms with Crippen LogP contribution >= 0.6 is 15.9 Å². The molecule has 0 amide bonds. The van der Waals surface area contributed by atoms with Gasteiger partial charge in [-0.15, -0.1) is 0 Å². The second-order valence-electron chi connectivity index (χ2n) is 5.59. The van der Waals surface area contributed by atoms with E-state index in [-0.39, 0.29) is 0 Å². The van der Waals surface area contributed by atoms with E-state index in [1.165, 1.54) is 44.2 Å². The fourth-order valence-corrected chi connectivity index (χ4v) is 3.42. The molecule has 2 aromatic rings. The number of nitrogens with two attached hydrogens (primary N) is 1. The molecule has 1 aromatic heterocycles. The second kappa shape index (κ2) is 6.00.